The van der Waals surface area contributed by atoms with Gasteiger partial charge in [0.1, 0.15) is 5.82 Å². The molecular weight excluding hydrogens is 377 g/mol. The molecule has 4 nitrogen and oxygen atoms in total. The minimum atomic E-state index is -0.857. The van der Waals surface area contributed by atoms with E-state index in [1.807, 2.05) is 13.8 Å². The van der Waals surface area contributed by atoms with E-state index in [0.717, 1.165) is 24.4 Å². The molecule has 1 aromatic heterocycles. The quantitative estimate of drug-likeness (QED) is 0.535. The number of ketones is 1. The minimum Gasteiger partial charge on any atom is -0.454 e. The van der Waals surface area contributed by atoms with E-state index in [0.29, 0.717) is 10.0 Å². The number of hydrogen-bond donors (Lipinski definition) is 0. The number of rotatable bonds is 6. The van der Waals surface area contributed by atoms with Gasteiger partial charge in [0, 0.05) is 28.0 Å². The van der Waals surface area contributed by atoms with E-state index in [1.165, 1.54) is 18.2 Å². The summed E-state index contributed by atoms with van der Waals surface area (Å²) in [5.74, 6) is -1.84. The number of Topliss-reactive ketones (excluding diaryl/α,β-unsaturated/α-hetero) is 1. The summed E-state index contributed by atoms with van der Waals surface area (Å²) in [5, 5.41) is 0. The molecule has 0 spiro atoms. The van der Waals surface area contributed by atoms with Gasteiger partial charge >= 0.3 is 5.97 Å². The number of ether oxygens (including phenoxy) is 1. The molecule has 24 heavy (non-hydrogen) atoms. The minimum absolute atomic E-state index is 0.200. The first-order chi connectivity index (χ1) is 11.3. The van der Waals surface area contributed by atoms with Crippen LogP contribution in [0.1, 0.15) is 45.4 Å². The Morgan fingerprint density at radius 3 is 2.58 bits per heavy atom. The predicted octanol–water partition coefficient (Wildman–Crippen LogP) is 4.46. The van der Waals surface area contributed by atoms with E-state index in [4.69, 9.17) is 4.74 Å². The van der Waals surface area contributed by atoms with Gasteiger partial charge in [-0.25, -0.2) is 9.18 Å². The van der Waals surface area contributed by atoms with Crippen LogP contribution in [0.15, 0.2) is 28.7 Å². The molecule has 128 valence electrons. The van der Waals surface area contributed by atoms with Crippen molar-refractivity contribution in [3.63, 3.8) is 0 Å². The molecule has 2 rings (SSSR count). The molecule has 0 radical (unpaired) electrons. The van der Waals surface area contributed by atoms with Crippen molar-refractivity contribution in [1.29, 1.82) is 0 Å². The number of carbonyl (C=O) groups is 2. The molecule has 0 atom stereocenters. The van der Waals surface area contributed by atoms with Crippen LogP contribution in [0.5, 0.6) is 0 Å². The van der Waals surface area contributed by atoms with Crippen LogP contribution in [0, 0.1) is 19.7 Å². The third-order valence-electron chi connectivity index (χ3n) is 3.80. The lowest BCUT2D eigenvalue weighted by Crippen LogP contribution is -2.16. The first-order valence-electron chi connectivity index (χ1n) is 7.67. The Hall–Kier alpha value is -1.95. The average molecular weight is 396 g/mol. The number of carbonyl (C=O) groups excluding carboxylic acids is 2. The zero-order valence-electron chi connectivity index (χ0n) is 13.9. The third-order valence-corrected chi connectivity index (χ3v) is 4.30. The van der Waals surface area contributed by atoms with Gasteiger partial charge < -0.3 is 9.30 Å². The molecular formula is C18H19BrFNO3. The molecule has 0 unspecified atom stereocenters. The molecule has 0 aliphatic carbocycles. The van der Waals surface area contributed by atoms with Crippen LogP contribution in [0.4, 0.5) is 4.39 Å². The Morgan fingerprint density at radius 2 is 1.92 bits per heavy atom. The highest BCUT2D eigenvalue weighted by molar-refractivity contribution is 9.10. The van der Waals surface area contributed by atoms with Crippen LogP contribution >= 0.6 is 15.9 Å². The van der Waals surface area contributed by atoms with Crippen molar-refractivity contribution in [3.8, 4) is 0 Å². The van der Waals surface area contributed by atoms with Gasteiger partial charge in [-0.1, -0.05) is 22.9 Å². The Kier molecular flexibility index (Phi) is 5.94. The Labute approximate surface area is 148 Å². The second kappa shape index (κ2) is 7.75. The molecule has 0 aliphatic rings. The van der Waals surface area contributed by atoms with E-state index >= 15 is 0 Å². The number of esters is 1. The molecule has 0 amide bonds. The lowest BCUT2D eigenvalue weighted by Gasteiger charge is -2.08. The summed E-state index contributed by atoms with van der Waals surface area (Å²) < 4.78 is 21.3. The lowest BCUT2D eigenvalue weighted by molar-refractivity contribution is 0.0470. The monoisotopic (exact) mass is 395 g/mol. The molecule has 0 bridgehead atoms. The second-order valence-corrected chi connectivity index (χ2v) is 6.48. The van der Waals surface area contributed by atoms with Gasteiger partial charge in [0.2, 0.25) is 5.78 Å². The fraction of sp³-hybridized carbons (Fsp3) is 0.333. The van der Waals surface area contributed by atoms with Crippen LogP contribution in [-0.2, 0) is 11.3 Å². The fourth-order valence-electron chi connectivity index (χ4n) is 2.59. The van der Waals surface area contributed by atoms with E-state index in [-0.39, 0.29) is 11.3 Å². The average Bonchev–Trinajstić information content (AvgIpc) is 2.83. The van der Waals surface area contributed by atoms with Gasteiger partial charge in [0.25, 0.3) is 0 Å². The summed E-state index contributed by atoms with van der Waals surface area (Å²) in [5.41, 5.74) is 2.17. The SMILES string of the molecule is CCCn1c(C)cc(C(=O)COC(=O)c2cc(Br)ccc2F)c1C. The van der Waals surface area contributed by atoms with E-state index < -0.39 is 18.4 Å². The first kappa shape index (κ1) is 18.4. The summed E-state index contributed by atoms with van der Waals surface area (Å²) in [6.07, 6.45) is 0.959. The van der Waals surface area contributed by atoms with Gasteiger partial charge in [0.05, 0.1) is 5.56 Å². The number of halogens is 2. The molecule has 0 fully saturated rings. The maximum atomic E-state index is 13.7. The fourth-order valence-corrected chi connectivity index (χ4v) is 2.95. The topological polar surface area (TPSA) is 48.3 Å². The lowest BCUT2D eigenvalue weighted by atomic mass is 10.1. The van der Waals surface area contributed by atoms with Gasteiger partial charge in [-0.2, -0.15) is 0 Å². The van der Waals surface area contributed by atoms with Crippen molar-refractivity contribution in [3.05, 3.63) is 57.1 Å². The molecule has 0 N–H and O–H groups in total. The van der Waals surface area contributed by atoms with Crippen molar-refractivity contribution in [2.45, 2.75) is 33.7 Å². The van der Waals surface area contributed by atoms with Crippen LogP contribution < -0.4 is 0 Å². The summed E-state index contributed by atoms with van der Waals surface area (Å²) in [7, 11) is 0. The Morgan fingerprint density at radius 1 is 1.21 bits per heavy atom. The van der Waals surface area contributed by atoms with Crippen molar-refractivity contribution >= 4 is 27.7 Å². The highest BCUT2D eigenvalue weighted by Gasteiger charge is 2.19. The summed E-state index contributed by atoms with van der Waals surface area (Å²) in [6, 6.07) is 5.77. The van der Waals surface area contributed by atoms with Crippen molar-refractivity contribution in [1.82, 2.24) is 4.57 Å². The molecule has 1 aromatic carbocycles. The number of benzene rings is 1. The first-order valence-corrected chi connectivity index (χ1v) is 8.46. The summed E-state index contributed by atoms with van der Waals surface area (Å²) >= 11 is 3.17. The normalized spacial score (nSPS) is 10.7. The van der Waals surface area contributed by atoms with Crippen molar-refractivity contribution in [2.24, 2.45) is 0 Å². The van der Waals surface area contributed by atoms with Crippen molar-refractivity contribution < 1.29 is 18.7 Å². The second-order valence-electron chi connectivity index (χ2n) is 5.56. The standard InChI is InChI=1S/C18H19BrFNO3/c1-4-7-21-11(2)8-14(12(21)3)17(22)10-24-18(23)15-9-13(19)5-6-16(15)20/h5-6,8-9H,4,7,10H2,1-3H3. The van der Waals surface area contributed by atoms with Crippen LogP contribution in [0.2, 0.25) is 0 Å². The number of nitrogens with zero attached hydrogens (tertiary/aromatic N) is 1. The van der Waals surface area contributed by atoms with E-state index in [2.05, 4.69) is 27.4 Å². The maximum absolute atomic E-state index is 13.7. The number of hydrogen-bond acceptors (Lipinski definition) is 3. The molecule has 0 aliphatic heterocycles. The van der Waals surface area contributed by atoms with Crippen molar-refractivity contribution in [2.75, 3.05) is 6.61 Å². The van der Waals surface area contributed by atoms with Gasteiger partial charge in [-0.3, -0.25) is 4.79 Å². The third kappa shape index (κ3) is 3.93. The highest BCUT2D eigenvalue weighted by Crippen LogP contribution is 2.18. The molecule has 0 saturated heterocycles. The number of aromatic nitrogens is 1. The highest BCUT2D eigenvalue weighted by atomic mass is 79.9. The maximum Gasteiger partial charge on any atom is 0.341 e. The molecule has 1 heterocycles. The van der Waals surface area contributed by atoms with Crippen LogP contribution in [0.3, 0.4) is 0 Å². The van der Waals surface area contributed by atoms with E-state index in [9.17, 15) is 14.0 Å². The zero-order chi connectivity index (χ0) is 17.9. The Balaban J connectivity index is 2.09. The Bertz CT molecular complexity index is 783. The number of aryl methyl sites for hydroxylation is 1. The largest absolute Gasteiger partial charge is 0.454 e. The zero-order valence-corrected chi connectivity index (χ0v) is 15.4. The van der Waals surface area contributed by atoms with Gasteiger partial charge in [-0.15, -0.1) is 0 Å². The molecule has 6 heteroatoms. The van der Waals surface area contributed by atoms with Crippen LogP contribution in [-0.4, -0.2) is 22.9 Å². The molecule has 2 aromatic rings. The smallest absolute Gasteiger partial charge is 0.341 e. The molecule has 0 saturated carbocycles. The summed E-state index contributed by atoms with van der Waals surface area (Å²) in [4.78, 5) is 24.3. The van der Waals surface area contributed by atoms with Gasteiger partial charge in [0.15, 0.2) is 6.61 Å². The summed E-state index contributed by atoms with van der Waals surface area (Å²) in [6.45, 7) is 6.28. The van der Waals surface area contributed by atoms with Crippen LogP contribution in [0.25, 0.3) is 0 Å². The van der Waals surface area contributed by atoms with Gasteiger partial charge in [-0.05, 0) is 44.5 Å². The predicted molar refractivity (Wildman–Crippen MR) is 92.9 cm³/mol. The van der Waals surface area contributed by atoms with E-state index in [1.54, 1.807) is 6.07 Å².